The van der Waals surface area contributed by atoms with Crippen molar-refractivity contribution in [2.75, 3.05) is 0 Å². The van der Waals surface area contributed by atoms with Crippen molar-refractivity contribution in [2.24, 2.45) is 0 Å². The summed E-state index contributed by atoms with van der Waals surface area (Å²) < 4.78 is 23.4. The molecule has 4 heteroatoms. The molecule has 1 heterocycles. The summed E-state index contributed by atoms with van der Waals surface area (Å²) in [6.07, 6.45) is 12.4. The van der Waals surface area contributed by atoms with Crippen LogP contribution in [0.5, 0.6) is 11.5 Å². The Kier molecular flexibility index (Phi) is 3.13. The van der Waals surface area contributed by atoms with Crippen molar-refractivity contribution >= 4 is 11.4 Å². The Bertz CT molecular complexity index is 865. The minimum absolute atomic E-state index is 0.657. The summed E-state index contributed by atoms with van der Waals surface area (Å²) in [5.41, 5.74) is 7.27. The quantitative estimate of drug-likeness (QED) is 0.682. The van der Waals surface area contributed by atoms with Crippen molar-refractivity contribution in [3.05, 3.63) is 70.8 Å². The third-order valence-corrected chi connectivity index (χ3v) is 5.59. The fraction of sp³-hybridized carbons (Fsp3) is 0.200. The third kappa shape index (κ3) is 2.06. The second kappa shape index (κ2) is 5.35. The predicted molar refractivity (Wildman–Crippen MR) is 94.4 cm³/mol. The highest BCUT2D eigenvalue weighted by Gasteiger charge is 2.29. The first-order valence-corrected chi connectivity index (χ1v) is 9.19. The number of fused-ring (bicyclic) bond motifs is 7. The summed E-state index contributed by atoms with van der Waals surface area (Å²) in [6, 6.07) is 8.02. The zero-order valence-corrected chi connectivity index (χ0v) is 13.9. The summed E-state index contributed by atoms with van der Waals surface area (Å²) in [7, 11) is 0. The van der Waals surface area contributed by atoms with E-state index in [0.29, 0.717) is 11.5 Å². The number of hydrogen-bond donors (Lipinski definition) is 0. The van der Waals surface area contributed by atoms with Crippen LogP contribution in [-0.4, -0.2) is 4.21 Å². The summed E-state index contributed by atoms with van der Waals surface area (Å²) in [5, 5.41) is 0. The Morgan fingerprint density at radius 2 is 1.12 bits per heavy atom. The molecule has 0 N–H and O–H groups in total. The van der Waals surface area contributed by atoms with Gasteiger partial charge in [-0.3, -0.25) is 0 Å². The average Bonchev–Trinajstić information content (AvgIpc) is 2.77. The number of hydrogen-bond acceptors (Lipinski definition) is 3. The van der Waals surface area contributed by atoms with Crippen LogP contribution < -0.4 is 8.37 Å². The molecule has 5 rings (SSSR count). The molecule has 0 saturated heterocycles. The van der Waals surface area contributed by atoms with Gasteiger partial charge in [-0.1, -0.05) is 36.4 Å². The molecule has 2 aromatic rings. The third-order valence-electron chi connectivity index (χ3n) is 4.96. The van der Waals surface area contributed by atoms with E-state index in [1.807, 2.05) is 12.1 Å². The van der Waals surface area contributed by atoms with E-state index in [9.17, 15) is 4.21 Å². The van der Waals surface area contributed by atoms with Crippen LogP contribution >= 0.6 is 0 Å². The van der Waals surface area contributed by atoms with Crippen LogP contribution in [0.25, 0.3) is 11.1 Å². The number of allylic oxidation sites excluding steroid dienone is 4. The van der Waals surface area contributed by atoms with Gasteiger partial charge in [-0.15, -0.1) is 0 Å². The van der Waals surface area contributed by atoms with E-state index in [0.717, 1.165) is 36.8 Å². The molecule has 0 amide bonds. The molecule has 0 radical (unpaired) electrons. The summed E-state index contributed by atoms with van der Waals surface area (Å²) in [4.78, 5) is 0. The maximum absolute atomic E-state index is 12.2. The van der Waals surface area contributed by atoms with Gasteiger partial charge in [0.2, 0.25) is 0 Å². The normalized spacial score (nSPS) is 17.7. The topological polar surface area (TPSA) is 35.5 Å². The van der Waals surface area contributed by atoms with Gasteiger partial charge in [0.1, 0.15) is 0 Å². The molecule has 1 aliphatic heterocycles. The molecule has 2 aromatic carbocycles. The van der Waals surface area contributed by atoms with Crippen molar-refractivity contribution < 1.29 is 12.6 Å². The standard InChI is InChI=1S/C20H16O3S/c21-24-22-17-11-9-13-5-1-3-7-15(13)19(17)20-16-8-4-2-6-14(16)10-12-18(20)23-24/h1-4,9-12H,5-8H2. The number of benzene rings is 2. The van der Waals surface area contributed by atoms with E-state index in [1.165, 1.54) is 22.3 Å². The first-order valence-electron chi connectivity index (χ1n) is 8.19. The summed E-state index contributed by atoms with van der Waals surface area (Å²) in [6.45, 7) is 0. The van der Waals surface area contributed by atoms with Crippen LogP contribution in [0.4, 0.5) is 0 Å². The van der Waals surface area contributed by atoms with E-state index in [2.05, 4.69) is 36.4 Å². The van der Waals surface area contributed by atoms with Gasteiger partial charge in [-0.25, -0.2) is 0 Å². The van der Waals surface area contributed by atoms with Gasteiger partial charge >= 0.3 is 11.4 Å². The van der Waals surface area contributed by atoms with Gasteiger partial charge in [-0.2, -0.15) is 4.21 Å². The highest BCUT2D eigenvalue weighted by atomic mass is 32.2. The van der Waals surface area contributed by atoms with Crippen molar-refractivity contribution in [1.82, 2.24) is 0 Å². The molecule has 0 saturated carbocycles. The molecule has 24 heavy (non-hydrogen) atoms. The molecular weight excluding hydrogens is 320 g/mol. The lowest BCUT2D eigenvalue weighted by molar-refractivity contribution is 0.468. The first kappa shape index (κ1) is 14.1. The van der Waals surface area contributed by atoms with Crippen molar-refractivity contribution in [3.8, 4) is 22.6 Å². The fourth-order valence-electron chi connectivity index (χ4n) is 3.86. The smallest absolute Gasteiger partial charge is 0.370 e. The SMILES string of the molecule is O=S1Oc2ccc3c(c2-c2c(ccc4c2CC=CC4)O1)CC=CC3. The Labute approximate surface area is 143 Å². The Morgan fingerprint density at radius 1 is 0.667 bits per heavy atom. The van der Waals surface area contributed by atoms with Gasteiger partial charge < -0.3 is 8.37 Å². The van der Waals surface area contributed by atoms with Crippen LogP contribution in [0.3, 0.4) is 0 Å². The maximum Gasteiger partial charge on any atom is 0.417 e. The molecule has 0 unspecified atom stereocenters. The van der Waals surface area contributed by atoms with Crippen molar-refractivity contribution in [1.29, 1.82) is 0 Å². The van der Waals surface area contributed by atoms with Crippen LogP contribution in [0.2, 0.25) is 0 Å². The molecule has 0 bridgehead atoms. The Hall–Kier alpha value is -2.33. The first-order chi connectivity index (χ1) is 11.8. The van der Waals surface area contributed by atoms with Crippen LogP contribution in [-0.2, 0) is 37.0 Å². The molecule has 3 aliphatic rings. The molecule has 0 fully saturated rings. The van der Waals surface area contributed by atoms with Gasteiger partial charge in [0.25, 0.3) is 0 Å². The van der Waals surface area contributed by atoms with E-state index >= 15 is 0 Å². The monoisotopic (exact) mass is 336 g/mol. The molecule has 3 nitrogen and oxygen atoms in total. The van der Waals surface area contributed by atoms with Gasteiger partial charge in [-0.05, 0) is 60.1 Å². The maximum atomic E-state index is 12.2. The minimum atomic E-state index is -1.82. The lowest BCUT2D eigenvalue weighted by Gasteiger charge is -2.22. The highest BCUT2D eigenvalue weighted by Crippen LogP contribution is 2.47. The fourth-order valence-corrected chi connectivity index (χ4v) is 4.47. The predicted octanol–water partition coefficient (Wildman–Crippen LogP) is 4.01. The zero-order chi connectivity index (χ0) is 16.1. The van der Waals surface area contributed by atoms with E-state index in [-0.39, 0.29) is 0 Å². The lowest BCUT2D eigenvalue weighted by atomic mass is 9.83. The molecule has 2 aliphatic carbocycles. The molecule has 0 atom stereocenters. The molecule has 0 spiro atoms. The Balaban J connectivity index is 1.87. The minimum Gasteiger partial charge on any atom is -0.370 e. The highest BCUT2D eigenvalue weighted by molar-refractivity contribution is 7.76. The Morgan fingerprint density at radius 3 is 1.62 bits per heavy atom. The van der Waals surface area contributed by atoms with Gasteiger partial charge in [0.15, 0.2) is 11.5 Å². The van der Waals surface area contributed by atoms with E-state index in [4.69, 9.17) is 8.37 Å². The molecule has 0 aromatic heterocycles. The average molecular weight is 336 g/mol. The second-order valence-electron chi connectivity index (χ2n) is 6.28. The van der Waals surface area contributed by atoms with Crippen molar-refractivity contribution in [2.45, 2.75) is 25.7 Å². The number of rotatable bonds is 0. The van der Waals surface area contributed by atoms with E-state index < -0.39 is 11.4 Å². The van der Waals surface area contributed by atoms with Gasteiger partial charge in [0, 0.05) is 11.1 Å². The summed E-state index contributed by atoms with van der Waals surface area (Å²) >= 11 is -1.82. The van der Waals surface area contributed by atoms with Gasteiger partial charge in [0.05, 0.1) is 0 Å². The second-order valence-corrected chi connectivity index (χ2v) is 7.02. The van der Waals surface area contributed by atoms with E-state index in [1.54, 1.807) is 0 Å². The van der Waals surface area contributed by atoms with Crippen LogP contribution in [0, 0.1) is 0 Å². The molecular formula is C20H16O3S. The molecule has 120 valence electrons. The zero-order valence-electron chi connectivity index (χ0n) is 13.1. The largest absolute Gasteiger partial charge is 0.417 e. The lowest BCUT2D eigenvalue weighted by Crippen LogP contribution is -2.07. The summed E-state index contributed by atoms with van der Waals surface area (Å²) in [5.74, 6) is 1.31. The van der Waals surface area contributed by atoms with Crippen molar-refractivity contribution in [3.63, 3.8) is 0 Å². The van der Waals surface area contributed by atoms with Crippen LogP contribution in [0.15, 0.2) is 48.6 Å². The van der Waals surface area contributed by atoms with Crippen LogP contribution in [0.1, 0.15) is 22.3 Å².